The average molecular weight is 381 g/mol. The fraction of sp³-hybridized carbons (Fsp3) is 0.286. The number of aryl methyl sites for hydroxylation is 1. The zero-order chi connectivity index (χ0) is 19.8. The molecule has 3 aromatic rings. The van der Waals surface area contributed by atoms with Gasteiger partial charge in [0.05, 0.1) is 14.2 Å². The molecule has 146 valence electrons. The quantitative estimate of drug-likeness (QED) is 0.613. The van der Waals surface area contributed by atoms with Crippen molar-refractivity contribution in [2.75, 3.05) is 20.8 Å². The number of carbonyl (C=O) groups excluding carboxylic acids is 1. The lowest BCUT2D eigenvalue weighted by Gasteiger charge is -2.06. The number of nitrogens with one attached hydrogen (secondary N) is 1. The van der Waals surface area contributed by atoms with Gasteiger partial charge in [0, 0.05) is 24.9 Å². The van der Waals surface area contributed by atoms with E-state index in [1.54, 1.807) is 14.2 Å². The largest absolute Gasteiger partial charge is 0.497 e. The third-order valence-electron chi connectivity index (χ3n) is 4.25. The van der Waals surface area contributed by atoms with Gasteiger partial charge < -0.3 is 19.3 Å². The number of nitrogens with zero attached hydrogens (tertiary/aromatic N) is 2. The Bertz CT molecular complexity index is 906. The normalized spacial score (nSPS) is 10.5. The second-order valence-corrected chi connectivity index (χ2v) is 6.19. The minimum absolute atomic E-state index is 0.0490. The lowest BCUT2D eigenvalue weighted by atomic mass is 10.1. The van der Waals surface area contributed by atoms with E-state index < -0.39 is 0 Å². The molecule has 0 bridgehead atoms. The highest BCUT2D eigenvalue weighted by molar-refractivity contribution is 5.76. The first-order valence-corrected chi connectivity index (χ1v) is 9.04. The molecule has 0 spiro atoms. The molecular weight excluding hydrogens is 358 g/mol. The summed E-state index contributed by atoms with van der Waals surface area (Å²) in [6.45, 7) is 0.562. The summed E-state index contributed by atoms with van der Waals surface area (Å²) in [4.78, 5) is 16.4. The Labute approximate surface area is 163 Å². The van der Waals surface area contributed by atoms with E-state index in [1.807, 2.05) is 48.5 Å². The van der Waals surface area contributed by atoms with Gasteiger partial charge in [-0.3, -0.25) is 4.79 Å². The number of methoxy groups -OCH3 is 2. The lowest BCUT2D eigenvalue weighted by Crippen LogP contribution is -2.25. The third-order valence-corrected chi connectivity index (χ3v) is 4.25. The first-order valence-electron chi connectivity index (χ1n) is 9.04. The van der Waals surface area contributed by atoms with E-state index in [1.165, 1.54) is 0 Å². The maximum Gasteiger partial charge on any atom is 0.227 e. The maximum atomic E-state index is 12.0. The van der Waals surface area contributed by atoms with Gasteiger partial charge in [0.1, 0.15) is 11.5 Å². The van der Waals surface area contributed by atoms with Crippen molar-refractivity contribution in [2.45, 2.75) is 19.3 Å². The van der Waals surface area contributed by atoms with E-state index in [2.05, 4.69) is 15.5 Å². The molecule has 1 amide bonds. The summed E-state index contributed by atoms with van der Waals surface area (Å²) in [5.41, 5.74) is 1.94. The minimum Gasteiger partial charge on any atom is -0.497 e. The Morgan fingerprint density at radius 3 is 2.57 bits per heavy atom. The molecule has 1 N–H and O–H groups in total. The summed E-state index contributed by atoms with van der Waals surface area (Å²) in [5, 5.41) is 6.87. The van der Waals surface area contributed by atoms with Crippen molar-refractivity contribution in [3.8, 4) is 22.9 Å². The van der Waals surface area contributed by atoms with Gasteiger partial charge in [-0.15, -0.1) is 0 Å². The second kappa shape index (κ2) is 9.55. The minimum atomic E-state index is -0.0490. The van der Waals surface area contributed by atoms with Crippen LogP contribution in [0.5, 0.6) is 11.5 Å². The number of ether oxygens (including phenoxy) is 2. The van der Waals surface area contributed by atoms with Crippen molar-refractivity contribution in [1.29, 1.82) is 0 Å². The highest BCUT2D eigenvalue weighted by Crippen LogP contribution is 2.20. The molecule has 0 saturated heterocycles. The summed E-state index contributed by atoms with van der Waals surface area (Å²) in [5.74, 6) is 2.46. The number of hydrogen-bond donors (Lipinski definition) is 1. The average Bonchev–Trinajstić information content (AvgIpc) is 3.21. The van der Waals surface area contributed by atoms with Crippen LogP contribution in [0.1, 0.15) is 17.9 Å². The van der Waals surface area contributed by atoms with Gasteiger partial charge in [-0.2, -0.15) is 4.98 Å². The van der Waals surface area contributed by atoms with Crippen LogP contribution in [-0.4, -0.2) is 36.8 Å². The third kappa shape index (κ3) is 5.33. The van der Waals surface area contributed by atoms with Crippen LogP contribution in [0.4, 0.5) is 0 Å². The standard InChI is InChI=1S/C21H23N3O4/c1-26-17-8-6-16(7-9-17)21-23-20(28-24-21)11-10-19(25)22-13-12-15-4-3-5-18(14-15)27-2/h3-9,14H,10-13H2,1-2H3,(H,22,25). The fourth-order valence-corrected chi connectivity index (χ4v) is 2.70. The molecule has 0 atom stereocenters. The zero-order valence-electron chi connectivity index (χ0n) is 16.0. The number of aromatic nitrogens is 2. The fourth-order valence-electron chi connectivity index (χ4n) is 2.70. The molecule has 7 nitrogen and oxygen atoms in total. The maximum absolute atomic E-state index is 12.0. The Hall–Kier alpha value is -3.35. The Balaban J connectivity index is 1.43. The first kappa shape index (κ1) is 19.4. The van der Waals surface area contributed by atoms with Crippen molar-refractivity contribution in [1.82, 2.24) is 15.5 Å². The molecule has 0 aliphatic carbocycles. The van der Waals surface area contributed by atoms with Crippen LogP contribution >= 0.6 is 0 Å². The van der Waals surface area contributed by atoms with Gasteiger partial charge >= 0.3 is 0 Å². The lowest BCUT2D eigenvalue weighted by molar-refractivity contribution is -0.121. The van der Waals surface area contributed by atoms with Crippen LogP contribution in [0.3, 0.4) is 0 Å². The van der Waals surface area contributed by atoms with E-state index in [9.17, 15) is 4.79 Å². The SMILES string of the molecule is COc1ccc(-c2noc(CCC(=O)NCCc3cccc(OC)c3)n2)cc1. The zero-order valence-corrected chi connectivity index (χ0v) is 16.0. The monoisotopic (exact) mass is 381 g/mol. The Morgan fingerprint density at radius 1 is 1.04 bits per heavy atom. The van der Waals surface area contributed by atoms with Crippen LogP contribution in [0.15, 0.2) is 53.1 Å². The van der Waals surface area contributed by atoms with Gasteiger partial charge in [0.15, 0.2) is 0 Å². The molecule has 0 fully saturated rings. The summed E-state index contributed by atoms with van der Waals surface area (Å²) in [7, 11) is 3.25. The number of amides is 1. The van der Waals surface area contributed by atoms with Crippen LogP contribution < -0.4 is 14.8 Å². The molecule has 28 heavy (non-hydrogen) atoms. The Morgan fingerprint density at radius 2 is 1.82 bits per heavy atom. The van der Waals surface area contributed by atoms with Crippen molar-refractivity contribution in [2.24, 2.45) is 0 Å². The van der Waals surface area contributed by atoms with Crippen molar-refractivity contribution >= 4 is 5.91 Å². The molecule has 0 aliphatic heterocycles. The molecular formula is C21H23N3O4. The van der Waals surface area contributed by atoms with E-state index in [4.69, 9.17) is 14.0 Å². The van der Waals surface area contributed by atoms with Crippen molar-refractivity contribution in [3.05, 3.63) is 60.0 Å². The highest BCUT2D eigenvalue weighted by atomic mass is 16.5. The first-order chi connectivity index (χ1) is 13.7. The van der Waals surface area contributed by atoms with Crippen molar-refractivity contribution in [3.63, 3.8) is 0 Å². The summed E-state index contributed by atoms with van der Waals surface area (Å²) >= 11 is 0. The summed E-state index contributed by atoms with van der Waals surface area (Å²) in [6, 6.07) is 15.2. The van der Waals surface area contributed by atoms with E-state index in [0.717, 1.165) is 29.0 Å². The van der Waals surface area contributed by atoms with E-state index in [-0.39, 0.29) is 5.91 Å². The number of benzene rings is 2. The second-order valence-electron chi connectivity index (χ2n) is 6.19. The van der Waals surface area contributed by atoms with Crippen LogP contribution in [-0.2, 0) is 17.6 Å². The van der Waals surface area contributed by atoms with Crippen LogP contribution in [0.2, 0.25) is 0 Å². The molecule has 2 aromatic carbocycles. The number of carbonyl (C=O) groups is 1. The summed E-state index contributed by atoms with van der Waals surface area (Å²) in [6.07, 6.45) is 1.43. The molecule has 7 heteroatoms. The number of hydrogen-bond acceptors (Lipinski definition) is 6. The molecule has 0 radical (unpaired) electrons. The molecule has 1 heterocycles. The van der Waals surface area contributed by atoms with E-state index >= 15 is 0 Å². The molecule has 0 unspecified atom stereocenters. The summed E-state index contributed by atoms with van der Waals surface area (Å²) < 4.78 is 15.6. The molecule has 0 saturated carbocycles. The molecule has 3 rings (SSSR count). The van der Waals surface area contributed by atoms with Gasteiger partial charge in [-0.1, -0.05) is 17.3 Å². The smallest absolute Gasteiger partial charge is 0.227 e. The molecule has 1 aromatic heterocycles. The van der Waals surface area contributed by atoms with Gasteiger partial charge in [-0.05, 0) is 48.4 Å². The molecule has 0 aliphatic rings. The van der Waals surface area contributed by atoms with Gasteiger partial charge in [0.25, 0.3) is 0 Å². The van der Waals surface area contributed by atoms with Gasteiger partial charge in [0.2, 0.25) is 17.6 Å². The van der Waals surface area contributed by atoms with E-state index in [0.29, 0.717) is 31.1 Å². The van der Waals surface area contributed by atoms with Crippen molar-refractivity contribution < 1.29 is 18.8 Å². The van der Waals surface area contributed by atoms with Crippen LogP contribution in [0.25, 0.3) is 11.4 Å². The highest BCUT2D eigenvalue weighted by Gasteiger charge is 2.11. The Kier molecular flexibility index (Phi) is 6.62. The number of rotatable bonds is 9. The van der Waals surface area contributed by atoms with Crippen LogP contribution in [0, 0.1) is 0 Å². The predicted molar refractivity (Wildman–Crippen MR) is 104 cm³/mol. The van der Waals surface area contributed by atoms with Gasteiger partial charge in [-0.25, -0.2) is 0 Å². The topological polar surface area (TPSA) is 86.5 Å². The predicted octanol–water partition coefficient (Wildman–Crippen LogP) is 3.05.